The number of alkyl halides is 3. The number of carbonyl (C=O) groups excluding carboxylic acids is 1. The predicted molar refractivity (Wildman–Crippen MR) is 125 cm³/mol. The van der Waals surface area contributed by atoms with E-state index >= 15 is 0 Å². The quantitative estimate of drug-likeness (QED) is 0.396. The van der Waals surface area contributed by atoms with Crippen LogP contribution in [0.5, 0.6) is 0 Å². The third kappa shape index (κ3) is 5.35. The van der Waals surface area contributed by atoms with Gasteiger partial charge in [-0.1, -0.05) is 42.8 Å². The maximum Gasteiger partial charge on any atom is 0.435 e. The summed E-state index contributed by atoms with van der Waals surface area (Å²) in [6.45, 7) is 2.77. The Morgan fingerprint density at radius 3 is 2.49 bits per heavy atom. The number of Topliss-reactive ketones (excluding diaryl/α,β-unsaturated/α-hetero) is 1. The Labute approximate surface area is 204 Å². The first-order chi connectivity index (χ1) is 16.5. The highest BCUT2D eigenvalue weighted by atomic mass is 35.5. The van der Waals surface area contributed by atoms with Gasteiger partial charge in [0.05, 0.1) is 11.1 Å². The number of anilines is 1. The predicted octanol–water partition coefficient (Wildman–Crippen LogP) is 6.04. The molecule has 0 unspecified atom stereocenters. The van der Waals surface area contributed by atoms with E-state index in [4.69, 9.17) is 16.7 Å². The van der Waals surface area contributed by atoms with Crippen molar-refractivity contribution in [2.45, 2.75) is 44.9 Å². The van der Waals surface area contributed by atoms with Crippen LogP contribution < -0.4 is 4.90 Å². The van der Waals surface area contributed by atoms with Crippen LogP contribution in [0.1, 0.15) is 63.2 Å². The SMILES string of the molecule is C[C@H](CC(=O)c1c(C(F)(F)F)nn2c1N(Cc1cccc(Cl)c1)CCC2)c1ccc(C(=O)O)cc1. The average molecular weight is 506 g/mol. The fraction of sp³-hybridized carbons (Fsp3) is 0.320. The van der Waals surface area contributed by atoms with Crippen LogP contribution in [-0.4, -0.2) is 33.2 Å². The van der Waals surface area contributed by atoms with E-state index in [1.54, 1.807) is 42.2 Å². The number of aromatic carboxylic acids is 1. The minimum atomic E-state index is -4.79. The van der Waals surface area contributed by atoms with Gasteiger partial charge >= 0.3 is 12.1 Å². The van der Waals surface area contributed by atoms with Gasteiger partial charge in [-0.25, -0.2) is 9.48 Å². The molecule has 184 valence electrons. The fourth-order valence-corrected chi connectivity index (χ4v) is 4.58. The zero-order chi connectivity index (χ0) is 25.3. The Kier molecular flexibility index (Phi) is 6.89. The monoisotopic (exact) mass is 505 g/mol. The summed E-state index contributed by atoms with van der Waals surface area (Å²) in [5.74, 6) is -2.00. The van der Waals surface area contributed by atoms with E-state index < -0.39 is 35.1 Å². The van der Waals surface area contributed by atoms with Crippen molar-refractivity contribution in [3.8, 4) is 0 Å². The van der Waals surface area contributed by atoms with Gasteiger partial charge in [-0.3, -0.25) is 4.79 Å². The van der Waals surface area contributed by atoms with Gasteiger partial charge in [0.15, 0.2) is 11.5 Å². The summed E-state index contributed by atoms with van der Waals surface area (Å²) >= 11 is 6.08. The molecule has 1 aliphatic heterocycles. The Balaban J connectivity index is 1.68. The molecule has 0 bridgehead atoms. The molecule has 1 atom stereocenters. The number of ketones is 1. The lowest BCUT2D eigenvalue weighted by Gasteiger charge is -2.30. The molecule has 2 aromatic carbocycles. The van der Waals surface area contributed by atoms with Crippen molar-refractivity contribution in [1.29, 1.82) is 0 Å². The van der Waals surface area contributed by atoms with Gasteiger partial charge in [0.25, 0.3) is 0 Å². The first kappa shape index (κ1) is 24.8. The van der Waals surface area contributed by atoms with Crippen LogP contribution in [0.3, 0.4) is 0 Å². The summed E-state index contributed by atoms with van der Waals surface area (Å²) in [4.78, 5) is 26.2. The Morgan fingerprint density at radius 2 is 1.86 bits per heavy atom. The molecule has 1 aliphatic rings. The molecule has 0 saturated heterocycles. The molecule has 0 spiro atoms. The number of hydrogen-bond donors (Lipinski definition) is 1. The van der Waals surface area contributed by atoms with E-state index in [2.05, 4.69) is 5.10 Å². The standard InChI is InChI=1S/C25H23ClF3N3O3/c1-15(17-6-8-18(9-7-17)24(34)35)12-20(33)21-22(25(27,28)29)30-32-11-3-10-31(23(21)32)14-16-4-2-5-19(26)13-16/h2,4-9,13,15H,3,10-12,14H2,1H3,(H,34,35)/t15-/m1/s1. The first-order valence-electron chi connectivity index (χ1n) is 11.1. The van der Waals surface area contributed by atoms with Crippen LogP contribution in [0.15, 0.2) is 48.5 Å². The van der Waals surface area contributed by atoms with Crippen molar-refractivity contribution < 1.29 is 27.9 Å². The van der Waals surface area contributed by atoms with Crippen LogP contribution in [0, 0.1) is 0 Å². The van der Waals surface area contributed by atoms with Crippen molar-refractivity contribution in [2.75, 3.05) is 11.4 Å². The third-order valence-electron chi connectivity index (χ3n) is 6.05. The molecule has 0 aliphatic carbocycles. The normalized spacial score (nSPS) is 14.5. The van der Waals surface area contributed by atoms with Crippen LogP contribution in [-0.2, 0) is 19.3 Å². The summed E-state index contributed by atoms with van der Waals surface area (Å²) in [7, 11) is 0. The minimum absolute atomic E-state index is 0.0917. The van der Waals surface area contributed by atoms with Crippen LogP contribution in [0.2, 0.25) is 5.02 Å². The molecule has 1 N–H and O–H groups in total. The van der Waals surface area contributed by atoms with Crippen LogP contribution in [0.25, 0.3) is 0 Å². The number of benzene rings is 2. The van der Waals surface area contributed by atoms with Crippen molar-refractivity contribution in [1.82, 2.24) is 9.78 Å². The largest absolute Gasteiger partial charge is 0.478 e. The highest BCUT2D eigenvalue weighted by Crippen LogP contribution is 2.39. The molecular weight excluding hydrogens is 483 g/mol. The van der Waals surface area contributed by atoms with Gasteiger partial charge in [0.2, 0.25) is 0 Å². The lowest BCUT2D eigenvalue weighted by Crippen LogP contribution is -2.33. The average Bonchev–Trinajstić information content (AvgIpc) is 3.21. The molecule has 35 heavy (non-hydrogen) atoms. The molecule has 4 rings (SSSR count). The number of carbonyl (C=O) groups is 2. The molecule has 0 fully saturated rings. The van der Waals surface area contributed by atoms with Crippen LogP contribution in [0.4, 0.5) is 19.0 Å². The van der Waals surface area contributed by atoms with Crippen molar-refractivity contribution in [3.63, 3.8) is 0 Å². The Morgan fingerprint density at radius 1 is 1.14 bits per heavy atom. The molecule has 1 aromatic heterocycles. The van der Waals surface area contributed by atoms with E-state index in [1.165, 1.54) is 16.8 Å². The number of rotatable bonds is 7. The molecule has 0 saturated carbocycles. The maximum absolute atomic E-state index is 14.0. The number of fused-ring (bicyclic) bond motifs is 1. The smallest absolute Gasteiger partial charge is 0.435 e. The summed E-state index contributed by atoms with van der Waals surface area (Å²) in [5.41, 5.74) is -0.0362. The van der Waals surface area contributed by atoms with E-state index in [0.29, 0.717) is 23.6 Å². The summed E-state index contributed by atoms with van der Waals surface area (Å²) in [5, 5.41) is 13.4. The van der Waals surface area contributed by atoms with E-state index in [0.717, 1.165) is 5.56 Å². The zero-order valence-electron chi connectivity index (χ0n) is 18.8. The molecule has 0 amide bonds. The highest BCUT2D eigenvalue weighted by molar-refractivity contribution is 6.30. The Hall–Kier alpha value is -3.33. The molecule has 10 heteroatoms. The van der Waals surface area contributed by atoms with E-state index in [1.807, 2.05) is 6.07 Å². The summed E-state index contributed by atoms with van der Waals surface area (Å²) in [6.07, 6.45) is -4.38. The number of carboxylic acid groups (broad SMARTS) is 1. The minimum Gasteiger partial charge on any atom is -0.478 e. The van der Waals surface area contributed by atoms with Gasteiger partial charge in [0, 0.05) is 31.1 Å². The van der Waals surface area contributed by atoms with E-state index in [9.17, 15) is 22.8 Å². The second-order valence-corrected chi connectivity index (χ2v) is 9.07. The topological polar surface area (TPSA) is 75.4 Å². The zero-order valence-corrected chi connectivity index (χ0v) is 19.6. The van der Waals surface area contributed by atoms with Gasteiger partial charge in [-0.2, -0.15) is 18.3 Å². The van der Waals surface area contributed by atoms with Crippen molar-refractivity contribution >= 4 is 29.2 Å². The maximum atomic E-state index is 14.0. The number of carboxylic acids is 1. The van der Waals surface area contributed by atoms with Gasteiger partial charge < -0.3 is 10.0 Å². The van der Waals surface area contributed by atoms with Crippen LogP contribution >= 0.6 is 11.6 Å². The number of aromatic nitrogens is 2. The van der Waals surface area contributed by atoms with E-state index in [-0.39, 0.29) is 30.9 Å². The van der Waals surface area contributed by atoms with Gasteiger partial charge in [-0.05, 0) is 47.7 Å². The first-order valence-corrected chi connectivity index (χ1v) is 11.5. The second kappa shape index (κ2) is 9.73. The Bertz CT molecular complexity index is 1260. The van der Waals surface area contributed by atoms with Gasteiger partial charge in [-0.15, -0.1) is 0 Å². The summed E-state index contributed by atoms with van der Waals surface area (Å²) < 4.78 is 43.2. The highest BCUT2D eigenvalue weighted by Gasteiger charge is 2.43. The number of halogens is 4. The van der Waals surface area contributed by atoms with Crippen molar-refractivity contribution in [3.05, 3.63) is 81.5 Å². The number of hydrogen-bond acceptors (Lipinski definition) is 4. The molecule has 0 radical (unpaired) electrons. The molecule has 6 nitrogen and oxygen atoms in total. The fourth-order valence-electron chi connectivity index (χ4n) is 4.36. The summed E-state index contributed by atoms with van der Waals surface area (Å²) in [6, 6.07) is 13.0. The third-order valence-corrected chi connectivity index (χ3v) is 6.29. The second-order valence-electron chi connectivity index (χ2n) is 8.63. The molecule has 2 heterocycles. The lowest BCUT2D eigenvalue weighted by atomic mass is 9.92. The number of aryl methyl sites for hydroxylation is 1. The lowest BCUT2D eigenvalue weighted by molar-refractivity contribution is -0.141. The molecule has 3 aromatic rings. The van der Waals surface area contributed by atoms with Gasteiger partial charge in [0.1, 0.15) is 5.82 Å². The van der Waals surface area contributed by atoms with Crippen molar-refractivity contribution in [2.24, 2.45) is 0 Å². The number of nitrogens with zero attached hydrogens (tertiary/aromatic N) is 3. The molecular formula is C25H23ClF3N3O3.